The first-order chi connectivity index (χ1) is 14.9. The van der Waals surface area contributed by atoms with Crippen LogP contribution in [0.1, 0.15) is 33.3 Å². The number of piperazine rings is 1. The number of anilines is 1. The maximum absolute atomic E-state index is 12.6. The van der Waals surface area contributed by atoms with E-state index in [2.05, 4.69) is 5.32 Å². The SMILES string of the molecule is CCOC(=O)c1sc(NC(=O)CN2CCN(C(=O)Cc3ccccc3C)CC2)cc1C. The molecular formula is C23H29N3O4S. The second-order valence-corrected chi connectivity index (χ2v) is 8.70. The number of carbonyl (C=O) groups is 3. The average molecular weight is 444 g/mol. The zero-order valence-corrected chi connectivity index (χ0v) is 19.1. The number of hydrogen-bond acceptors (Lipinski definition) is 6. The Balaban J connectivity index is 1.46. The van der Waals surface area contributed by atoms with Crippen LogP contribution in [0, 0.1) is 13.8 Å². The van der Waals surface area contributed by atoms with Crippen LogP contribution in [0.15, 0.2) is 30.3 Å². The fourth-order valence-electron chi connectivity index (χ4n) is 3.56. The van der Waals surface area contributed by atoms with E-state index in [0.29, 0.717) is 49.1 Å². The van der Waals surface area contributed by atoms with E-state index in [1.54, 1.807) is 13.0 Å². The molecule has 2 aromatic rings. The fourth-order valence-corrected chi connectivity index (χ4v) is 4.54. The van der Waals surface area contributed by atoms with Crippen molar-refractivity contribution >= 4 is 34.1 Å². The minimum absolute atomic E-state index is 0.124. The Morgan fingerprint density at radius 1 is 1.06 bits per heavy atom. The molecule has 0 aliphatic carbocycles. The molecule has 0 spiro atoms. The Labute approximate surface area is 187 Å². The molecule has 1 N–H and O–H groups in total. The summed E-state index contributed by atoms with van der Waals surface area (Å²) < 4.78 is 5.04. The molecule has 1 aliphatic heterocycles. The number of aryl methyl sites for hydroxylation is 2. The molecule has 3 rings (SSSR count). The molecule has 0 saturated carbocycles. The maximum Gasteiger partial charge on any atom is 0.348 e. The van der Waals surface area contributed by atoms with E-state index in [1.165, 1.54) is 11.3 Å². The van der Waals surface area contributed by atoms with Gasteiger partial charge in [0.05, 0.1) is 24.6 Å². The number of carbonyl (C=O) groups excluding carboxylic acids is 3. The number of thiophene rings is 1. The van der Waals surface area contributed by atoms with E-state index in [1.807, 2.05) is 47.9 Å². The molecule has 1 saturated heterocycles. The quantitative estimate of drug-likeness (QED) is 0.666. The summed E-state index contributed by atoms with van der Waals surface area (Å²) in [5.41, 5.74) is 2.98. The van der Waals surface area contributed by atoms with Gasteiger partial charge >= 0.3 is 5.97 Å². The van der Waals surface area contributed by atoms with Crippen LogP contribution < -0.4 is 5.32 Å². The van der Waals surface area contributed by atoms with Gasteiger partial charge in [0.15, 0.2) is 0 Å². The van der Waals surface area contributed by atoms with E-state index < -0.39 is 0 Å². The first kappa shape index (κ1) is 23.0. The summed E-state index contributed by atoms with van der Waals surface area (Å²) in [6.07, 6.45) is 0.410. The van der Waals surface area contributed by atoms with Crippen LogP contribution in [0.3, 0.4) is 0 Å². The van der Waals surface area contributed by atoms with Crippen molar-refractivity contribution in [3.8, 4) is 0 Å². The second kappa shape index (κ2) is 10.5. The first-order valence-corrected chi connectivity index (χ1v) is 11.3. The van der Waals surface area contributed by atoms with Gasteiger partial charge in [-0.1, -0.05) is 24.3 Å². The lowest BCUT2D eigenvalue weighted by Gasteiger charge is -2.34. The number of ether oxygens (including phenoxy) is 1. The van der Waals surface area contributed by atoms with Gasteiger partial charge in [0.1, 0.15) is 4.88 Å². The minimum Gasteiger partial charge on any atom is -0.462 e. The standard InChI is InChI=1S/C23H29N3O4S/c1-4-30-23(29)22-17(3)13-20(31-22)24-19(27)15-25-9-11-26(12-10-25)21(28)14-18-8-6-5-7-16(18)2/h5-8,13H,4,9-12,14-15H2,1-3H3,(H,24,27). The predicted molar refractivity (Wildman–Crippen MR) is 122 cm³/mol. The summed E-state index contributed by atoms with van der Waals surface area (Å²) in [4.78, 5) is 41.4. The van der Waals surface area contributed by atoms with Crippen molar-refractivity contribution in [1.29, 1.82) is 0 Å². The molecule has 1 aromatic carbocycles. The number of nitrogens with zero attached hydrogens (tertiary/aromatic N) is 2. The third-order valence-corrected chi connectivity index (χ3v) is 6.47. The van der Waals surface area contributed by atoms with E-state index in [4.69, 9.17) is 4.74 Å². The lowest BCUT2D eigenvalue weighted by molar-refractivity contribution is -0.132. The number of amides is 2. The van der Waals surface area contributed by atoms with Gasteiger partial charge in [-0.25, -0.2) is 4.79 Å². The van der Waals surface area contributed by atoms with Gasteiger partial charge in [-0.3, -0.25) is 14.5 Å². The van der Waals surface area contributed by atoms with E-state index in [-0.39, 0.29) is 24.3 Å². The molecule has 0 unspecified atom stereocenters. The summed E-state index contributed by atoms with van der Waals surface area (Å²) in [5.74, 6) is -0.368. The van der Waals surface area contributed by atoms with Crippen LogP contribution in [0.2, 0.25) is 0 Å². The largest absolute Gasteiger partial charge is 0.462 e. The highest BCUT2D eigenvalue weighted by Gasteiger charge is 2.23. The van der Waals surface area contributed by atoms with Crippen LogP contribution >= 0.6 is 11.3 Å². The van der Waals surface area contributed by atoms with Crippen molar-refractivity contribution in [1.82, 2.24) is 9.80 Å². The number of nitrogens with one attached hydrogen (secondary N) is 1. The monoisotopic (exact) mass is 443 g/mol. The molecule has 7 nitrogen and oxygen atoms in total. The Hall–Kier alpha value is -2.71. The van der Waals surface area contributed by atoms with Gasteiger partial charge < -0.3 is 15.0 Å². The number of hydrogen-bond donors (Lipinski definition) is 1. The van der Waals surface area contributed by atoms with Gasteiger partial charge in [-0.2, -0.15) is 0 Å². The van der Waals surface area contributed by atoms with Gasteiger partial charge in [0.2, 0.25) is 11.8 Å². The third kappa shape index (κ3) is 6.15. The van der Waals surface area contributed by atoms with Crippen molar-refractivity contribution in [3.63, 3.8) is 0 Å². The van der Waals surface area contributed by atoms with Crippen LogP contribution in [-0.2, 0) is 20.7 Å². The Morgan fingerprint density at radius 2 is 1.77 bits per heavy atom. The highest BCUT2D eigenvalue weighted by Crippen LogP contribution is 2.27. The van der Waals surface area contributed by atoms with Crippen molar-refractivity contribution < 1.29 is 19.1 Å². The Bertz CT molecular complexity index is 948. The maximum atomic E-state index is 12.6. The summed E-state index contributed by atoms with van der Waals surface area (Å²) in [6, 6.07) is 9.73. The van der Waals surface area contributed by atoms with Crippen LogP contribution in [0.5, 0.6) is 0 Å². The summed E-state index contributed by atoms with van der Waals surface area (Å²) in [6.45, 7) is 8.72. The molecule has 8 heteroatoms. The fraction of sp³-hybridized carbons (Fsp3) is 0.435. The highest BCUT2D eigenvalue weighted by atomic mass is 32.1. The lowest BCUT2D eigenvalue weighted by atomic mass is 10.1. The molecule has 1 aromatic heterocycles. The van der Waals surface area contributed by atoms with Gasteiger partial charge in [-0.05, 0) is 43.5 Å². The number of benzene rings is 1. The number of esters is 1. The molecule has 31 heavy (non-hydrogen) atoms. The average Bonchev–Trinajstić information content (AvgIpc) is 3.10. The zero-order chi connectivity index (χ0) is 22.4. The highest BCUT2D eigenvalue weighted by molar-refractivity contribution is 7.18. The normalized spacial score (nSPS) is 14.4. The molecule has 2 heterocycles. The molecule has 0 radical (unpaired) electrons. The van der Waals surface area contributed by atoms with Crippen LogP contribution in [0.25, 0.3) is 0 Å². The lowest BCUT2D eigenvalue weighted by Crippen LogP contribution is -2.50. The molecule has 2 amide bonds. The van der Waals surface area contributed by atoms with Gasteiger partial charge in [0, 0.05) is 26.2 Å². The van der Waals surface area contributed by atoms with Crippen LogP contribution in [-0.4, -0.2) is 66.9 Å². The van der Waals surface area contributed by atoms with Crippen molar-refractivity contribution in [2.45, 2.75) is 27.2 Å². The summed E-state index contributed by atoms with van der Waals surface area (Å²) >= 11 is 1.23. The van der Waals surface area contributed by atoms with E-state index >= 15 is 0 Å². The molecule has 166 valence electrons. The molecule has 1 aliphatic rings. The third-order valence-electron chi connectivity index (χ3n) is 5.34. The van der Waals surface area contributed by atoms with Crippen molar-refractivity contribution in [3.05, 3.63) is 51.9 Å². The number of rotatable bonds is 7. The van der Waals surface area contributed by atoms with Crippen molar-refractivity contribution in [2.24, 2.45) is 0 Å². The first-order valence-electron chi connectivity index (χ1n) is 10.5. The Morgan fingerprint density at radius 3 is 2.45 bits per heavy atom. The molecule has 1 fully saturated rings. The van der Waals surface area contributed by atoms with E-state index in [9.17, 15) is 14.4 Å². The summed E-state index contributed by atoms with van der Waals surface area (Å²) in [5, 5.41) is 3.51. The molecular weight excluding hydrogens is 414 g/mol. The molecule has 0 atom stereocenters. The smallest absolute Gasteiger partial charge is 0.348 e. The van der Waals surface area contributed by atoms with Crippen LogP contribution in [0.4, 0.5) is 5.00 Å². The second-order valence-electron chi connectivity index (χ2n) is 7.65. The van der Waals surface area contributed by atoms with Gasteiger partial charge in [0.25, 0.3) is 0 Å². The minimum atomic E-state index is -0.364. The predicted octanol–water partition coefficient (Wildman–Crippen LogP) is 2.87. The zero-order valence-electron chi connectivity index (χ0n) is 18.3. The van der Waals surface area contributed by atoms with Gasteiger partial charge in [-0.15, -0.1) is 11.3 Å². The van der Waals surface area contributed by atoms with Crippen molar-refractivity contribution in [2.75, 3.05) is 44.6 Å². The Kier molecular flexibility index (Phi) is 7.81. The topological polar surface area (TPSA) is 79.0 Å². The van der Waals surface area contributed by atoms with E-state index in [0.717, 1.165) is 16.7 Å². The summed E-state index contributed by atoms with van der Waals surface area (Å²) in [7, 11) is 0. The molecule has 0 bridgehead atoms.